The van der Waals surface area contributed by atoms with Crippen molar-refractivity contribution >= 4 is 5.91 Å². The van der Waals surface area contributed by atoms with E-state index < -0.39 is 0 Å². The van der Waals surface area contributed by atoms with Gasteiger partial charge in [0.15, 0.2) is 0 Å². The zero-order valence-electron chi connectivity index (χ0n) is 13.5. The van der Waals surface area contributed by atoms with Crippen molar-refractivity contribution in [2.45, 2.75) is 27.1 Å². The maximum Gasteiger partial charge on any atom is 0.259 e. The number of carbonyl (C=O) groups is 1. The Morgan fingerprint density at radius 1 is 1.13 bits per heavy atom. The van der Waals surface area contributed by atoms with Gasteiger partial charge < -0.3 is 14.7 Å². The SMILES string of the molecule is CCN(CC)C(=O)c1cccnc1OCc1ccc(CO)cc1. The summed E-state index contributed by atoms with van der Waals surface area (Å²) in [5.74, 6) is 0.268. The molecular weight excluding hydrogens is 292 g/mol. The number of amides is 1. The lowest BCUT2D eigenvalue weighted by Crippen LogP contribution is -2.30. The predicted molar refractivity (Wildman–Crippen MR) is 88.2 cm³/mol. The van der Waals surface area contributed by atoms with E-state index in [1.54, 1.807) is 23.2 Å². The minimum atomic E-state index is -0.0753. The molecule has 0 saturated carbocycles. The minimum Gasteiger partial charge on any atom is -0.472 e. The highest BCUT2D eigenvalue weighted by Gasteiger charge is 2.18. The molecule has 2 rings (SSSR count). The maximum absolute atomic E-state index is 12.5. The average Bonchev–Trinajstić information content (AvgIpc) is 2.61. The molecule has 0 aliphatic heterocycles. The second kappa shape index (κ2) is 8.29. The van der Waals surface area contributed by atoms with Crippen molar-refractivity contribution < 1.29 is 14.6 Å². The van der Waals surface area contributed by atoms with Gasteiger partial charge in [-0.2, -0.15) is 0 Å². The first kappa shape index (κ1) is 17.0. The highest BCUT2D eigenvalue weighted by Crippen LogP contribution is 2.18. The van der Waals surface area contributed by atoms with Crippen LogP contribution < -0.4 is 4.74 Å². The summed E-state index contributed by atoms with van der Waals surface area (Å²) in [6.45, 7) is 5.52. The molecule has 0 aliphatic carbocycles. The summed E-state index contributed by atoms with van der Waals surface area (Å²) >= 11 is 0. The minimum absolute atomic E-state index is 0.0178. The normalized spacial score (nSPS) is 10.4. The van der Waals surface area contributed by atoms with Crippen molar-refractivity contribution in [2.75, 3.05) is 13.1 Å². The van der Waals surface area contributed by atoms with E-state index in [-0.39, 0.29) is 12.5 Å². The van der Waals surface area contributed by atoms with Crippen LogP contribution in [0.15, 0.2) is 42.6 Å². The maximum atomic E-state index is 12.5. The van der Waals surface area contributed by atoms with Gasteiger partial charge in [0.2, 0.25) is 5.88 Å². The Kier molecular flexibility index (Phi) is 6.11. The lowest BCUT2D eigenvalue weighted by atomic mass is 10.1. The van der Waals surface area contributed by atoms with Crippen LogP contribution in [0.5, 0.6) is 5.88 Å². The Morgan fingerprint density at radius 2 is 1.78 bits per heavy atom. The number of ether oxygens (including phenoxy) is 1. The Balaban J connectivity index is 2.12. The van der Waals surface area contributed by atoms with Gasteiger partial charge >= 0.3 is 0 Å². The molecule has 0 aliphatic rings. The summed E-state index contributed by atoms with van der Waals surface area (Å²) < 4.78 is 5.74. The van der Waals surface area contributed by atoms with Crippen molar-refractivity contribution in [2.24, 2.45) is 0 Å². The van der Waals surface area contributed by atoms with Crippen molar-refractivity contribution in [3.8, 4) is 5.88 Å². The third kappa shape index (κ3) is 4.29. The summed E-state index contributed by atoms with van der Waals surface area (Å²) in [4.78, 5) is 18.4. The Morgan fingerprint density at radius 3 is 2.39 bits per heavy atom. The Bertz CT molecular complexity index is 637. The van der Waals surface area contributed by atoms with E-state index in [1.807, 2.05) is 38.1 Å². The summed E-state index contributed by atoms with van der Waals surface area (Å²) in [7, 11) is 0. The lowest BCUT2D eigenvalue weighted by molar-refractivity contribution is 0.0767. The first-order valence-electron chi connectivity index (χ1n) is 7.75. The molecule has 1 N–H and O–H groups in total. The molecule has 5 heteroatoms. The topological polar surface area (TPSA) is 62.7 Å². The Labute approximate surface area is 136 Å². The van der Waals surface area contributed by atoms with Gasteiger partial charge in [-0.05, 0) is 37.1 Å². The molecular formula is C18H22N2O3. The molecule has 0 fully saturated rings. The third-order valence-electron chi connectivity index (χ3n) is 3.63. The van der Waals surface area contributed by atoms with Crippen LogP contribution in [0.3, 0.4) is 0 Å². The standard InChI is InChI=1S/C18H22N2O3/c1-3-20(4-2)18(22)16-6-5-11-19-17(16)23-13-15-9-7-14(12-21)8-10-15/h5-11,21H,3-4,12-13H2,1-2H3. The van der Waals surface area contributed by atoms with E-state index >= 15 is 0 Å². The van der Waals surface area contributed by atoms with Crippen molar-refractivity contribution in [3.63, 3.8) is 0 Å². The number of aliphatic hydroxyl groups is 1. The fourth-order valence-electron chi connectivity index (χ4n) is 2.24. The van der Waals surface area contributed by atoms with Gasteiger partial charge in [0.25, 0.3) is 5.91 Å². The number of hydrogen-bond donors (Lipinski definition) is 1. The van der Waals surface area contributed by atoms with E-state index in [4.69, 9.17) is 9.84 Å². The number of rotatable bonds is 7. The number of benzene rings is 1. The highest BCUT2D eigenvalue weighted by atomic mass is 16.5. The van der Waals surface area contributed by atoms with Gasteiger partial charge in [-0.1, -0.05) is 24.3 Å². The predicted octanol–water partition coefficient (Wildman–Crippen LogP) is 2.63. The molecule has 5 nitrogen and oxygen atoms in total. The fraction of sp³-hybridized carbons (Fsp3) is 0.333. The second-order valence-electron chi connectivity index (χ2n) is 5.10. The van der Waals surface area contributed by atoms with Crippen LogP contribution in [0.25, 0.3) is 0 Å². The third-order valence-corrected chi connectivity index (χ3v) is 3.63. The smallest absolute Gasteiger partial charge is 0.259 e. The zero-order chi connectivity index (χ0) is 16.7. The largest absolute Gasteiger partial charge is 0.472 e. The number of carbonyl (C=O) groups excluding carboxylic acids is 1. The van der Waals surface area contributed by atoms with Crippen molar-refractivity contribution in [1.82, 2.24) is 9.88 Å². The first-order chi connectivity index (χ1) is 11.2. The van der Waals surface area contributed by atoms with E-state index in [9.17, 15) is 4.79 Å². The second-order valence-corrected chi connectivity index (χ2v) is 5.10. The molecule has 1 amide bonds. The summed E-state index contributed by atoms with van der Waals surface area (Å²) in [6.07, 6.45) is 1.61. The first-order valence-corrected chi connectivity index (χ1v) is 7.75. The lowest BCUT2D eigenvalue weighted by Gasteiger charge is -2.19. The molecule has 0 atom stereocenters. The molecule has 0 bridgehead atoms. The molecule has 1 heterocycles. The number of aromatic nitrogens is 1. The molecule has 2 aromatic rings. The molecule has 1 aromatic carbocycles. The number of nitrogens with zero attached hydrogens (tertiary/aromatic N) is 2. The summed E-state index contributed by atoms with van der Waals surface area (Å²) in [5.41, 5.74) is 2.28. The fourth-order valence-corrected chi connectivity index (χ4v) is 2.24. The molecule has 0 spiro atoms. The van der Waals surface area contributed by atoms with E-state index in [0.717, 1.165) is 11.1 Å². The van der Waals surface area contributed by atoms with E-state index in [1.165, 1.54) is 0 Å². The van der Waals surface area contributed by atoms with Crippen molar-refractivity contribution in [3.05, 3.63) is 59.3 Å². The van der Waals surface area contributed by atoms with Crippen LogP contribution in [0.4, 0.5) is 0 Å². The van der Waals surface area contributed by atoms with Gasteiger partial charge in [-0.3, -0.25) is 4.79 Å². The molecule has 122 valence electrons. The number of hydrogen-bond acceptors (Lipinski definition) is 4. The van der Waals surface area contributed by atoms with E-state index in [2.05, 4.69) is 4.98 Å². The highest BCUT2D eigenvalue weighted by molar-refractivity contribution is 5.96. The molecule has 1 aromatic heterocycles. The van der Waals surface area contributed by atoms with Crippen LogP contribution >= 0.6 is 0 Å². The molecule has 0 unspecified atom stereocenters. The summed E-state index contributed by atoms with van der Waals surface area (Å²) in [5, 5.41) is 9.05. The van der Waals surface area contributed by atoms with Gasteiger partial charge in [0.05, 0.1) is 6.61 Å². The number of pyridine rings is 1. The van der Waals surface area contributed by atoms with Crippen LogP contribution in [-0.2, 0) is 13.2 Å². The summed E-state index contributed by atoms with van der Waals surface area (Å²) in [6, 6.07) is 10.9. The van der Waals surface area contributed by atoms with Gasteiger partial charge in [0, 0.05) is 19.3 Å². The van der Waals surface area contributed by atoms with Crippen LogP contribution in [0.1, 0.15) is 35.3 Å². The molecule has 0 saturated heterocycles. The van der Waals surface area contributed by atoms with Gasteiger partial charge in [-0.15, -0.1) is 0 Å². The monoisotopic (exact) mass is 314 g/mol. The zero-order valence-corrected chi connectivity index (χ0v) is 13.5. The van der Waals surface area contributed by atoms with E-state index in [0.29, 0.717) is 31.1 Å². The number of aliphatic hydroxyl groups excluding tert-OH is 1. The van der Waals surface area contributed by atoms with Crippen LogP contribution in [0, 0.1) is 0 Å². The van der Waals surface area contributed by atoms with Gasteiger partial charge in [0.1, 0.15) is 12.2 Å². The van der Waals surface area contributed by atoms with Crippen molar-refractivity contribution in [1.29, 1.82) is 0 Å². The van der Waals surface area contributed by atoms with Gasteiger partial charge in [-0.25, -0.2) is 4.98 Å². The average molecular weight is 314 g/mol. The Hall–Kier alpha value is -2.40. The van der Waals surface area contributed by atoms with Crippen LogP contribution in [-0.4, -0.2) is 34.0 Å². The molecule has 23 heavy (non-hydrogen) atoms. The molecule has 0 radical (unpaired) electrons. The quantitative estimate of drug-likeness (QED) is 0.853. The van der Waals surface area contributed by atoms with Crippen LogP contribution in [0.2, 0.25) is 0 Å².